The van der Waals surface area contributed by atoms with Gasteiger partial charge in [0.25, 0.3) is 0 Å². The zero-order valence-electron chi connectivity index (χ0n) is 16.8. The highest BCUT2D eigenvalue weighted by atomic mass is 19.4. The quantitative estimate of drug-likeness (QED) is 0.119. The topological polar surface area (TPSA) is 88.0 Å². The number of halogens is 5. The first kappa shape index (κ1) is 23.7. The van der Waals surface area contributed by atoms with Crippen molar-refractivity contribution in [3.05, 3.63) is 94.0 Å². The van der Waals surface area contributed by atoms with Crippen molar-refractivity contribution >= 4 is 5.78 Å². The van der Waals surface area contributed by atoms with Crippen molar-refractivity contribution in [2.24, 2.45) is 5.11 Å². The Balaban J connectivity index is 1.72. The van der Waals surface area contributed by atoms with Crippen molar-refractivity contribution in [2.75, 3.05) is 0 Å². The fourth-order valence-corrected chi connectivity index (χ4v) is 3.11. The lowest BCUT2D eigenvalue weighted by molar-refractivity contribution is -0.274. The summed E-state index contributed by atoms with van der Waals surface area (Å²) in [5, 5.41) is 3.63. The van der Waals surface area contributed by atoms with E-state index in [1.54, 1.807) is 12.1 Å². The number of pyridine rings is 1. The molecule has 0 N–H and O–H groups in total. The number of ether oxygens (including phenoxy) is 1. The van der Waals surface area contributed by atoms with E-state index in [1.165, 1.54) is 18.3 Å². The molecule has 1 heterocycles. The molecule has 11 heteroatoms. The van der Waals surface area contributed by atoms with Crippen molar-refractivity contribution < 1.29 is 31.5 Å². The van der Waals surface area contributed by atoms with E-state index in [1.807, 2.05) is 0 Å². The third kappa shape index (κ3) is 6.27. The van der Waals surface area contributed by atoms with Gasteiger partial charge in [0, 0.05) is 23.1 Å². The molecule has 2 aromatic carbocycles. The molecule has 1 aromatic heterocycles. The molecule has 0 saturated carbocycles. The molecular weight excluding hydrogens is 447 g/mol. The molecule has 1 atom stereocenters. The minimum absolute atomic E-state index is 0.0127. The van der Waals surface area contributed by atoms with E-state index in [9.17, 15) is 26.7 Å². The fraction of sp³-hybridized carbons (Fsp3) is 0.182. The maximum atomic E-state index is 13.8. The summed E-state index contributed by atoms with van der Waals surface area (Å²) in [6.07, 6.45) is -3.69. The summed E-state index contributed by atoms with van der Waals surface area (Å²) in [5.41, 5.74) is 9.60. The maximum Gasteiger partial charge on any atom is 0.573 e. The number of rotatable bonds is 8. The van der Waals surface area contributed by atoms with Crippen LogP contribution in [0.1, 0.15) is 34.8 Å². The van der Waals surface area contributed by atoms with Gasteiger partial charge < -0.3 is 4.74 Å². The number of alkyl halides is 3. The molecule has 0 radical (unpaired) electrons. The fourth-order valence-electron chi connectivity index (χ4n) is 3.11. The molecule has 33 heavy (non-hydrogen) atoms. The number of nitrogens with zero attached hydrogens (tertiary/aromatic N) is 4. The lowest BCUT2D eigenvalue weighted by Gasteiger charge is -2.12. The van der Waals surface area contributed by atoms with Gasteiger partial charge in [-0.25, -0.2) is 8.78 Å². The summed E-state index contributed by atoms with van der Waals surface area (Å²) in [6.45, 7) is 0. The molecule has 3 aromatic rings. The SMILES string of the molecule is [N-]=[N+]=NC(CCC(=O)c1c(F)cccc1F)c1ccc(-c2ccc(OC(F)(F)F)cc2)nc1. The molecule has 6 nitrogen and oxygen atoms in total. The van der Waals surface area contributed by atoms with E-state index in [4.69, 9.17) is 5.53 Å². The van der Waals surface area contributed by atoms with Gasteiger partial charge in [0.05, 0.1) is 17.3 Å². The third-order valence-electron chi connectivity index (χ3n) is 4.63. The highest BCUT2D eigenvalue weighted by Crippen LogP contribution is 2.28. The van der Waals surface area contributed by atoms with Gasteiger partial charge in [0.1, 0.15) is 17.4 Å². The van der Waals surface area contributed by atoms with Gasteiger partial charge in [-0.1, -0.05) is 17.2 Å². The molecule has 0 amide bonds. The zero-order valence-corrected chi connectivity index (χ0v) is 16.8. The molecular formula is C22H15F5N4O2. The molecule has 1 unspecified atom stereocenters. The number of ketones is 1. The monoisotopic (exact) mass is 462 g/mol. The number of carbonyl (C=O) groups is 1. The van der Waals surface area contributed by atoms with E-state index in [0.717, 1.165) is 30.3 Å². The van der Waals surface area contributed by atoms with Crippen molar-refractivity contribution in [3.63, 3.8) is 0 Å². The predicted octanol–water partition coefficient (Wildman–Crippen LogP) is 6.94. The number of benzene rings is 2. The molecule has 0 spiro atoms. The smallest absolute Gasteiger partial charge is 0.406 e. The summed E-state index contributed by atoms with van der Waals surface area (Å²) < 4.78 is 68.2. The zero-order chi connectivity index (χ0) is 24.0. The Morgan fingerprint density at radius 3 is 2.27 bits per heavy atom. The van der Waals surface area contributed by atoms with Gasteiger partial charge in [-0.2, -0.15) is 0 Å². The van der Waals surface area contributed by atoms with Crippen LogP contribution in [0.4, 0.5) is 22.0 Å². The van der Waals surface area contributed by atoms with E-state index >= 15 is 0 Å². The second kappa shape index (κ2) is 10.1. The summed E-state index contributed by atoms with van der Waals surface area (Å²) in [7, 11) is 0. The Hall–Kier alpha value is -3.98. The van der Waals surface area contributed by atoms with Crippen LogP contribution in [-0.4, -0.2) is 17.1 Å². The highest BCUT2D eigenvalue weighted by molar-refractivity contribution is 5.96. The van der Waals surface area contributed by atoms with Gasteiger partial charge in [-0.15, -0.1) is 13.2 Å². The molecule has 0 aliphatic rings. The lowest BCUT2D eigenvalue weighted by Crippen LogP contribution is -2.16. The normalized spacial score (nSPS) is 12.0. The highest BCUT2D eigenvalue weighted by Gasteiger charge is 2.31. The van der Waals surface area contributed by atoms with Crippen LogP contribution in [0, 0.1) is 11.6 Å². The van der Waals surface area contributed by atoms with E-state index in [-0.39, 0.29) is 18.6 Å². The first-order valence-corrected chi connectivity index (χ1v) is 9.51. The molecule has 170 valence electrons. The van der Waals surface area contributed by atoms with E-state index in [2.05, 4.69) is 19.7 Å². The number of aromatic nitrogens is 1. The maximum absolute atomic E-state index is 13.8. The lowest BCUT2D eigenvalue weighted by atomic mass is 9.99. The average Bonchev–Trinajstić information content (AvgIpc) is 2.76. The summed E-state index contributed by atoms with van der Waals surface area (Å²) in [5.74, 6) is -3.09. The van der Waals surface area contributed by atoms with Crippen molar-refractivity contribution in [1.29, 1.82) is 0 Å². The van der Waals surface area contributed by atoms with Gasteiger partial charge in [-0.05, 0) is 60.0 Å². The summed E-state index contributed by atoms with van der Waals surface area (Å²) >= 11 is 0. The van der Waals surface area contributed by atoms with Crippen LogP contribution in [-0.2, 0) is 0 Å². The molecule has 0 bridgehead atoms. The Bertz CT molecular complexity index is 1150. The standard InChI is InChI=1S/C22H15F5N4O2/c23-16-2-1-3-17(24)21(16)20(32)11-10-19(30-31-28)14-6-9-18(29-12-14)13-4-7-15(8-5-13)33-22(25,26)27/h1-9,12,19H,10-11H2. The second-order valence-electron chi connectivity index (χ2n) is 6.83. The molecule has 0 saturated heterocycles. The minimum Gasteiger partial charge on any atom is -0.406 e. The summed E-state index contributed by atoms with van der Waals surface area (Å²) in [4.78, 5) is 19.2. The van der Waals surface area contributed by atoms with Crippen LogP contribution in [0.15, 0.2) is 65.9 Å². The number of hydrogen-bond donors (Lipinski definition) is 0. The van der Waals surface area contributed by atoms with Crippen LogP contribution in [0.5, 0.6) is 5.75 Å². The number of carbonyl (C=O) groups excluding carboxylic acids is 1. The largest absolute Gasteiger partial charge is 0.573 e. The average molecular weight is 462 g/mol. The predicted molar refractivity (Wildman–Crippen MR) is 108 cm³/mol. The van der Waals surface area contributed by atoms with Gasteiger partial charge in [0.15, 0.2) is 5.78 Å². The van der Waals surface area contributed by atoms with Crippen LogP contribution < -0.4 is 4.74 Å². The minimum atomic E-state index is -4.79. The van der Waals surface area contributed by atoms with Crippen LogP contribution in [0.2, 0.25) is 0 Å². The Kier molecular flexibility index (Phi) is 7.24. The first-order chi connectivity index (χ1) is 15.7. The third-order valence-corrected chi connectivity index (χ3v) is 4.63. The van der Waals surface area contributed by atoms with Gasteiger partial charge in [-0.3, -0.25) is 9.78 Å². The van der Waals surface area contributed by atoms with Crippen LogP contribution >= 0.6 is 0 Å². The first-order valence-electron chi connectivity index (χ1n) is 9.51. The second-order valence-corrected chi connectivity index (χ2v) is 6.83. The van der Waals surface area contributed by atoms with Crippen molar-refractivity contribution in [2.45, 2.75) is 25.2 Å². The van der Waals surface area contributed by atoms with E-state index in [0.29, 0.717) is 16.8 Å². The van der Waals surface area contributed by atoms with Crippen LogP contribution in [0.3, 0.4) is 0 Å². The Morgan fingerprint density at radius 1 is 1.06 bits per heavy atom. The Labute approximate surface area is 184 Å². The Morgan fingerprint density at radius 2 is 1.73 bits per heavy atom. The number of hydrogen-bond acceptors (Lipinski definition) is 4. The van der Waals surface area contributed by atoms with Gasteiger partial charge >= 0.3 is 6.36 Å². The molecule has 0 fully saturated rings. The number of azide groups is 1. The van der Waals surface area contributed by atoms with Crippen molar-refractivity contribution in [1.82, 2.24) is 4.98 Å². The van der Waals surface area contributed by atoms with Gasteiger partial charge in [0.2, 0.25) is 0 Å². The number of Topliss-reactive ketones (excluding diaryl/α,β-unsaturated/α-hetero) is 1. The van der Waals surface area contributed by atoms with E-state index < -0.39 is 35.4 Å². The molecule has 0 aliphatic carbocycles. The van der Waals surface area contributed by atoms with Crippen molar-refractivity contribution in [3.8, 4) is 17.0 Å². The van der Waals surface area contributed by atoms with Crippen LogP contribution in [0.25, 0.3) is 21.7 Å². The molecule has 0 aliphatic heterocycles. The molecule has 3 rings (SSSR count). The summed E-state index contributed by atoms with van der Waals surface area (Å²) in [6, 6.07) is 10.5.